The molecular weight excluding hydrogens is 410 g/mol. The molecule has 0 unspecified atom stereocenters. The van der Waals surface area contributed by atoms with E-state index in [0.717, 1.165) is 49.5 Å². The van der Waals surface area contributed by atoms with Crippen LogP contribution in [-0.4, -0.2) is 47.3 Å². The second kappa shape index (κ2) is 8.14. The second-order valence-corrected chi connectivity index (χ2v) is 9.19. The summed E-state index contributed by atoms with van der Waals surface area (Å²) in [5.74, 6) is 1.44. The van der Waals surface area contributed by atoms with Gasteiger partial charge in [0, 0.05) is 37.3 Å². The van der Waals surface area contributed by atoms with E-state index < -0.39 is 0 Å². The maximum absolute atomic E-state index is 6.46. The van der Waals surface area contributed by atoms with Crippen LogP contribution in [0.25, 0.3) is 0 Å². The number of rotatable bonds is 4. The van der Waals surface area contributed by atoms with Gasteiger partial charge in [0.25, 0.3) is 0 Å². The largest absolute Gasteiger partial charge is 0.382 e. The average molecular weight is 436 g/mol. The van der Waals surface area contributed by atoms with Crippen LogP contribution < -0.4 is 22.1 Å². The van der Waals surface area contributed by atoms with E-state index in [0.29, 0.717) is 15.9 Å². The molecule has 2 atom stereocenters. The third-order valence-electron chi connectivity index (χ3n) is 6.19. The van der Waals surface area contributed by atoms with Crippen molar-refractivity contribution in [3.05, 3.63) is 23.5 Å². The molecule has 6 N–H and O–H groups in total. The van der Waals surface area contributed by atoms with E-state index in [-0.39, 0.29) is 23.4 Å². The quantitative estimate of drug-likeness (QED) is 0.663. The number of ether oxygens (including phenoxy) is 1. The highest BCUT2D eigenvalue weighted by Crippen LogP contribution is 2.47. The Morgan fingerprint density at radius 2 is 2.00 bits per heavy atom. The molecule has 156 valence electrons. The number of nitrogen functional groups attached to an aromatic ring is 2. The molecule has 0 aromatic carbocycles. The zero-order chi connectivity index (χ0) is 20.6. The molecular formula is C19H26ClN7OS. The molecule has 2 aliphatic rings. The van der Waals surface area contributed by atoms with E-state index in [4.69, 9.17) is 33.5 Å². The molecule has 1 saturated carbocycles. The van der Waals surface area contributed by atoms with Crippen LogP contribution in [0.4, 0.5) is 17.5 Å². The van der Waals surface area contributed by atoms with Gasteiger partial charge < -0.3 is 26.8 Å². The minimum atomic E-state index is 0.171. The van der Waals surface area contributed by atoms with Gasteiger partial charge in [0.1, 0.15) is 16.7 Å². The van der Waals surface area contributed by atoms with Crippen molar-refractivity contribution >= 4 is 40.8 Å². The number of anilines is 3. The van der Waals surface area contributed by atoms with Crippen LogP contribution in [0.1, 0.15) is 25.7 Å². The third-order valence-corrected chi connectivity index (χ3v) is 7.77. The lowest BCUT2D eigenvalue weighted by Gasteiger charge is -2.42. The fourth-order valence-electron chi connectivity index (χ4n) is 4.39. The number of pyridine rings is 1. The first-order chi connectivity index (χ1) is 13.9. The highest BCUT2D eigenvalue weighted by atomic mass is 35.5. The normalized spacial score (nSPS) is 23.6. The van der Waals surface area contributed by atoms with E-state index in [2.05, 4.69) is 19.9 Å². The Kier molecular flexibility index (Phi) is 5.74. The number of methoxy groups -OCH3 is 1. The lowest BCUT2D eigenvalue weighted by molar-refractivity contribution is 0.0891. The number of hydrogen-bond acceptors (Lipinski definition) is 9. The first-order valence-corrected chi connectivity index (χ1v) is 10.8. The monoisotopic (exact) mass is 435 g/mol. The molecule has 2 aromatic rings. The van der Waals surface area contributed by atoms with Gasteiger partial charge in [-0.05, 0) is 37.2 Å². The van der Waals surface area contributed by atoms with Crippen LogP contribution in [0.5, 0.6) is 0 Å². The number of halogens is 1. The number of nitrogens with zero attached hydrogens (tertiary/aromatic N) is 4. The van der Waals surface area contributed by atoms with Crippen LogP contribution >= 0.6 is 23.4 Å². The van der Waals surface area contributed by atoms with Crippen LogP contribution in [0, 0.1) is 5.41 Å². The van der Waals surface area contributed by atoms with Crippen molar-refractivity contribution < 1.29 is 4.74 Å². The summed E-state index contributed by atoms with van der Waals surface area (Å²) in [5, 5.41) is 0.988. The highest BCUT2D eigenvalue weighted by Gasteiger charge is 2.47. The topological polar surface area (TPSA) is 129 Å². The van der Waals surface area contributed by atoms with Crippen molar-refractivity contribution in [3.8, 4) is 0 Å². The minimum absolute atomic E-state index is 0.171. The Labute approximate surface area is 179 Å². The van der Waals surface area contributed by atoms with Gasteiger partial charge in [-0.25, -0.2) is 15.0 Å². The van der Waals surface area contributed by atoms with E-state index in [1.54, 1.807) is 25.6 Å². The van der Waals surface area contributed by atoms with Crippen LogP contribution in [0.2, 0.25) is 5.02 Å². The van der Waals surface area contributed by atoms with Crippen molar-refractivity contribution in [1.82, 2.24) is 15.0 Å². The van der Waals surface area contributed by atoms with E-state index >= 15 is 0 Å². The van der Waals surface area contributed by atoms with Gasteiger partial charge in [0.05, 0.1) is 17.3 Å². The fraction of sp³-hybridized carbons (Fsp3) is 0.526. The molecule has 1 aliphatic heterocycles. The summed E-state index contributed by atoms with van der Waals surface area (Å²) in [7, 11) is 1.77. The van der Waals surface area contributed by atoms with E-state index in [1.807, 2.05) is 0 Å². The summed E-state index contributed by atoms with van der Waals surface area (Å²) in [4.78, 5) is 16.0. The molecule has 3 heterocycles. The third kappa shape index (κ3) is 3.96. The lowest BCUT2D eigenvalue weighted by Crippen LogP contribution is -2.47. The van der Waals surface area contributed by atoms with Crippen molar-refractivity contribution in [1.29, 1.82) is 0 Å². The Balaban J connectivity index is 1.44. The highest BCUT2D eigenvalue weighted by molar-refractivity contribution is 7.99. The average Bonchev–Trinajstić information content (AvgIpc) is 3.02. The number of aromatic nitrogens is 3. The summed E-state index contributed by atoms with van der Waals surface area (Å²) in [5.41, 5.74) is 18.6. The predicted molar refractivity (Wildman–Crippen MR) is 116 cm³/mol. The SMILES string of the molecule is CO[C@@H]1C[C@@H](N)C2(CCN(c3cnc(Sc4ccnc(N)c4Cl)c(N)n3)CC2)C1. The fourth-order valence-corrected chi connectivity index (χ4v) is 5.41. The molecule has 2 fully saturated rings. The lowest BCUT2D eigenvalue weighted by atomic mass is 9.74. The van der Waals surface area contributed by atoms with Crippen LogP contribution in [0.15, 0.2) is 28.4 Å². The van der Waals surface area contributed by atoms with Crippen molar-refractivity contribution in [2.45, 2.75) is 47.8 Å². The van der Waals surface area contributed by atoms with Gasteiger partial charge in [-0.1, -0.05) is 23.4 Å². The first kappa shape index (κ1) is 20.5. The Hall–Kier alpha value is -1.81. The first-order valence-electron chi connectivity index (χ1n) is 9.65. The molecule has 1 spiro atoms. The molecule has 1 aliphatic carbocycles. The van der Waals surface area contributed by atoms with Crippen LogP contribution in [-0.2, 0) is 4.74 Å². The number of hydrogen-bond donors (Lipinski definition) is 3. The molecule has 2 aromatic heterocycles. The zero-order valence-electron chi connectivity index (χ0n) is 16.3. The molecule has 0 radical (unpaired) electrons. The Bertz CT molecular complexity index is 891. The molecule has 29 heavy (non-hydrogen) atoms. The predicted octanol–water partition coefficient (Wildman–Crippen LogP) is 2.56. The van der Waals surface area contributed by atoms with E-state index in [1.165, 1.54) is 11.8 Å². The Morgan fingerprint density at radius 1 is 1.24 bits per heavy atom. The van der Waals surface area contributed by atoms with Gasteiger partial charge in [0.15, 0.2) is 5.82 Å². The Morgan fingerprint density at radius 3 is 2.66 bits per heavy atom. The van der Waals surface area contributed by atoms with Gasteiger partial charge in [-0.2, -0.15) is 0 Å². The molecule has 8 nitrogen and oxygen atoms in total. The number of nitrogens with two attached hydrogens (primary N) is 3. The van der Waals surface area contributed by atoms with Gasteiger partial charge in [-0.3, -0.25) is 0 Å². The van der Waals surface area contributed by atoms with Crippen LogP contribution in [0.3, 0.4) is 0 Å². The summed E-state index contributed by atoms with van der Waals surface area (Å²) in [6.45, 7) is 1.77. The van der Waals surface area contributed by atoms with Crippen molar-refractivity contribution in [3.63, 3.8) is 0 Å². The molecule has 1 saturated heterocycles. The molecule has 10 heteroatoms. The van der Waals surface area contributed by atoms with Gasteiger partial charge in [0.2, 0.25) is 0 Å². The summed E-state index contributed by atoms with van der Waals surface area (Å²) >= 11 is 7.54. The van der Waals surface area contributed by atoms with E-state index in [9.17, 15) is 0 Å². The van der Waals surface area contributed by atoms with Crippen molar-refractivity contribution in [2.24, 2.45) is 11.1 Å². The standard InChI is InChI=1S/C19H26ClN7OS/c1-28-11-8-13(21)19(9-11)3-6-27(7-4-19)14-10-25-18(17(23)26-14)29-12-2-5-24-16(22)15(12)20/h2,5,10-11,13H,3-4,6-9,21H2,1H3,(H2,22,24)(H2,23,26)/t11-,13-/m1/s1. The smallest absolute Gasteiger partial charge is 0.158 e. The molecule has 0 bridgehead atoms. The molecule has 4 rings (SSSR count). The van der Waals surface area contributed by atoms with Crippen molar-refractivity contribution in [2.75, 3.05) is 36.6 Å². The summed E-state index contributed by atoms with van der Waals surface area (Å²) < 4.78 is 5.56. The second-order valence-electron chi connectivity index (χ2n) is 7.78. The zero-order valence-corrected chi connectivity index (χ0v) is 17.9. The summed E-state index contributed by atoms with van der Waals surface area (Å²) in [6, 6.07) is 1.97. The maximum atomic E-state index is 6.46. The maximum Gasteiger partial charge on any atom is 0.158 e. The van der Waals surface area contributed by atoms with Gasteiger partial charge >= 0.3 is 0 Å². The minimum Gasteiger partial charge on any atom is -0.382 e. The van der Waals surface area contributed by atoms with Gasteiger partial charge in [-0.15, -0.1) is 0 Å². The molecule has 0 amide bonds. The number of piperidine rings is 1. The summed E-state index contributed by atoms with van der Waals surface area (Å²) in [6.07, 6.45) is 7.68.